The van der Waals surface area contributed by atoms with E-state index in [-0.39, 0.29) is 0 Å². The molecule has 0 amide bonds. The van der Waals surface area contributed by atoms with E-state index < -0.39 is 0 Å². The Hall–Kier alpha value is -1.64. The molecule has 1 rings (SSSR count). The summed E-state index contributed by atoms with van der Waals surface area (Å²) >= 11 is 0. The lowest BCUT2D eigenvalue weighted by Gasteiger charge is -1.89. The van der Waals surface area contributed by atoms with E-state index in [1.54, 1.807) is 6.08 Å². The topological polar surface area (TPSA) is 60.2 Å². The van der Waals surface area contributed by atoms with E-state index in [1.165, 1.54) is 12.3 Å². The van der Waals surface area contributed by atoms with Crippen LogP contribution >= 0.6 is 0 Å². The molecule has 1 aliphatic rings. The zero-order chi connectivity index (χ0) is 8.27. The van der Waals surface area contributed by atoms with Gasteiger partial charge in [0.1, 0.15) is 6.29 Å². The zero-order valence-electron chi connectivity index (χ0n) is 5.78. The van der Waals surface area contributed by atoms with Gasteiger partial charge in [0.05, 0.1) is 0 Å². The number of hydrogen-bond donors (Lipinski definition) is 1. The van der Waals surface area contributed by atoms with Crippen molar-refractivity contribution >= 4 is 12.6 Å². The molecule has 0 spiro atoms. The minimum absolute atomic E-state index is 0.453. The first kappa shape index (κ1) is 7.47. The molecule has 3 heteroatoms. The Morgan fingerprint density at radius 2 is 1.91 bits per heavy atom. The van der Waals surface area contributed by atoms with Gasteiger partial charge in [0.25, 0.3) is 0 Å². The summed E-state index contributed by atoms with van der Waals surface area (Å²) in [6.07, 6.45) is 5.72. The first-order valence-corrected chi connectivity index (χ1v) is 3.08. The maximum atomic E-state index is 10.3. The molecule has 56 valence electrons. The largest absolute Gasteiger partial charge is 0.404 e. The average molecular weight is 149 g/mol. The van der Waals surface area contributed by atoms with E-state index in [0.29, 0.717) is 29.3 Å². The van der Waals surface area contributed by atoms with Crippen molar-refractivity contribution in [1.82, 2.24) is 0 Å². The van der Waals surface area contributed by atoms with Gasteiger partial charge in [-0.05, 0) is 12.2 Å². The van der Waals surface area contributed by atoms with E-state index in [4.69, 9.17) is 5.73 Å². The van der Waals surface area contributed by atoms with Crippen LogP contribution < -0.4 is 5.73 Å². The number of rotatable bonds is 2. The summed E-state index contributed by atoms with van der Waals surface area (Å²) in [5.74, 6) is 0. The van der Waals surface area contributed by atoms with Gasteiger partial charge in [-0.1, -0.05) is 0 Å². The fraction of sp³-hybridized carbons (Fsp3) is 0. The van der Waals surface area contributed by atoms with Gasteiger partial charge in [-0.2, -0.15) is 0 Å². The Bertz CT molecular complexity index is 284. The molecule has 0 saturated carbocycles. The normalized spacial score (nSPS) is 19.5. The molecule has 0 bridgehead atoms. The predicted octanol–water partition coefficient (Wildman–Crippen LogP) is 0.0932. The fourth-order valence-electron chi connectivity index (χ4n) is 0.882. The van der Waals surface area contributed by atoms with Gasteiger partial charge in [-0.25, -0.2) is 0 Å². The van der Waals surface area contributed by atoms with Crippen molar-refractivity contribution in [2.45, 2.75) is 0 Å². The van der Waals surface area contributed by atoms with Crippen molar-refractivity contribution in [2.75, 3.05) is 0 Å². The lowest BCUT2D eigenvalue weighted by molar-refractivity contribution is -0.105. The van der Waals surface area contributed by atoms with E-state index in [1.807, 2.05) is 0 Å². The minimum atomic E-state index is 0.453. The molecule has 0 fully saturated rings. The lowest BCUT2D eigenvalue weighted by Crippen LogP contribution is -1.88. The van der Waals surface area contributed by atoms with Crippen LogP contribution in [-0.2, 0) is 9.59 Å². The molecule has 0 saturated heterocycles. The molecule has 11 heavy (non-hydrogen) atoms. The van der Waals surface area contributed by atoms with Crippen LogP contribution in [-0.4, -0.2) is 12.6 Å². The summed E-state index contributed by atoms with van der Waals surface area (Å²) in [6, 6.07) is 0. The van der Waals surface area contributed by atoms with Crippen LogP contribution in [0.15, 0.2) is 35.1 Å². The smallest absolute Gasteiger partial charge is 0.150 e. The molecule has 0 heterocycles. The number of allylic oxidation sites excluding steroid dienone is 5. The summed E-state index contributed by atoms with van der Waals surface area (Å²) in [5.41, 5.74) is 6.72. The molecular weight excluding hydrogens is 142 g/mol. The number of nitrogens with two attached hydrogens (primary N) is 1. The van der Waals surface area contributed by atoms with Gasteiger partial charge in [-0.3, -0.25) is 9.59 Å². The van der Waals surface area contributed by atoms with Gasteiger partial charge >= 0.3 is 0 Å². The highest BCUT2D eigenvalue weighted by atomic mass is 16.1. The highest BCUT2D eigenvalue weighted by molar-refractivity contribution is 5.92. The average Bonchev–Trinajstić information content (AvgIpc) is 2.46. The molecule has 3 nitrogen and oxygen atoms in total. The van der Waals surface area contributed by atoms with Crippen molar-refractivity contribution in [3.63, 3.8) is 0 Å². The van der Waals surface area contributed by atoms with Crippen molar-refractivity contribution in [2.24, 2.45) is 5.73 Å². The van der Waals surface area contributed by atoms with E-state index in [0.717, 1.165) is 0 Å². The zero-order valence-corrected chi connectivity index (χ0v) is 5.78. The summed E-state index contributed by atoms with van der Waals surface area (Å²) in [5, 5.41) is 0. The van der Waals surface area contributed by atoms with Gasteiger partial charge in [0.15, 0.2) is 6.29 Å². The molecule has 0 radical (unpaired) electrons. The number of carbonyl (C=O) groups excluding carboxylic acids is 2. The maximum Gasteiger partial charge on any atom is 0.150 e. The van der Waals surface area contributed by atoms with Crippen LogP contribution in [0.4, 0.5) is 0 Å². The summed E-state index contributed by atoms with van der Waals surface area (Å²) in [4.78, 5) is 20.6. The molecule has 0 atom stereocenters. The van der Waals surface area contributed by atoms with Crippen LogP contribution in [0.5, 0.6) is 0 Å². The molecule has 0 aromatic rings. The molecule has 0 aromatic carbocycles. The summed E-state index contributed by atoms with van der Waals surface area (Å²) in [7, 11) is 0. The number of aldehydes is 2. The highest BCUT2D eigenvalue weighted by Gasteiger charge is 2.09. The Morgan fingerprint density at radius 1 is 1.18 bits per heavy atom. The van der Waals surface area contributed by atoms with Crippen molar-refractivity contribution in [3.05, 3.63) is 35.1 Å². The molecule has 0 unspecified atom stereocenters. The van der Waals surface area contributed by atoms with Crippen LogP contribution in [0.2, 0.25) is 0 Å². The van der Waals surface area contributed by atoms with Crippen molar-refractivity contribution < 1.29 is 9.59 Å². The molecule has 0 aliphatic heterocycles. The van der Waals surface area contributed by atoms with Crippen LogP contribution in [0.1, 0.15) is 0 Å². The Kier molecular flexibility index (Phi) is 2.01. The predicted molar refractivity (Wildman–Crippen MR) is 40.6 cm³/mol. The van der Waals surface area contributed by atoms with Crippen molar-refractivity contribution in [3.8, 4) is 0 Å². The maximum absolute atomic E-state index is 10.3. The SMILES string of the molecule is NC=C1C=C(C=O)C=C1C=O. The molecule has 2 N–H and O–H groups in total. The summed E-state index contributed by atoms with van der Waals surface area (Å²) in [6.45, 7) is 0. The number of carbonyl (C=O) groups is 2. The first-order valence-electron chi connectivity index (χ1n) is 3.08. The van der Waals surface area contributed by atoms with Crippen LogP contribution in [0, 0.1) is 0 Å². The minimum Gasteiger partial charge on any atom is -0.404 e. The highest BCUT2D eigenvalue weighted by Crippen LogP contribution is 2.19. The fourth-order valence-corrected chi connectivity index (χ4v) is 0.882. The Morgan fingerprint density at radius 3 is 2.27 bits per heavy atom. The van der Waals surface area contributed by atoms with E-state index in [9.17, 15) is 9.59 Å². The van der Waals surface area contributed by atoms with Crippen molar-refractivity contribution in [1.29, 1.82) is 0 Å². The van der Waals surface area contributed by atoms with Gasteiger partial charge < -0.3 is 5.73 Å². The van der Waals surface area contributed by atoms with Crippen LogP contribution in [0.3, 0.4) is 0 Å². The second-order valence-corrected chi connectivity index (χ2v) is 2.10. The van der Waals surface area contributed by atoms with E-state index >= 15 is 0 Å². The Labute approximate surface area is 63.9 Å². The molecule has 0 aromatic heterocycles. The third-order valence-corrected chi connectivity index (χ3v) is 1.42. The Balaban J connectivity index is 3.04. The van der Waals surface area contributed by atoms with Gasteiger partial charge in [0.2, 0.25) is 0 Å². The first-order chi connectivity index (χ1) is 5.31. The molecular formula is C8H7NO2. The summed E-state index contributed by atoms with van der Waals surface area (Å²) < 4.78 is 0. The monoisotopic (exact) mass is 149 g/mol. The lowest BCUT2D eigenvalue weighted by atomic mass is 10.2. The number of hydrogen-bond acceptors (Lipinski definition) is 3. The van der Waals surface area contributed by atoms with E-state index in [2.05, 4.69) is 0 Å². The standard InChI is InChI=1S/C8H7NO2/c9-3-7-1-6(4-10)2-8(7)5-11/h1-5H,9H2. The second kappa shape index (κ2) is 2.96. The van der Waals surface area contributed by atoms with Gasteiger partial charge in [0, 0.05) is 22.9 Å². The second-order valence-electron chi connectivity index (χ2n) is 2.10. The van der Waals surface area contributed by atoms with Gasteiger partial charge in [-0.15, -0.1) is 0 Å². The van der Waals surface area contributed by atoms with Crippen LogP contribution in [0.25, 0.3) is 0 Å². The third-order valence-electron chi connectivity index (χ3n) is 1.42. The third kappa shape index (κ3) is 1.26. The molecule has 1 aliphatic carbocycles. The quantitative estimate of drug-likeness (QED) is 0.566.